The molecule has 0 bridgehead atoms. The van der Waals surface area contributed by atoms with E-state index in [1.807, 2.05) is 42.5 Å². The lowest BCUT2D eigenvalue weighted by molar-refractivity contribution is -0.119. The molecular weight excluding hydrogens is 379 g/mol. The summed E-state index contributed by atoms with van der Waals surface area (Å²) in [6.45, 7) is 0.473. The average Bonchev–Trinajstić information content (AvgIpc) is 2.79. The van der Waals surface area contributed by atoms with Crippen LogP contribution in [0.15, 0.2) is 78.9 Å². The van der Waals surface area contributed by atoms with Crippen molar-refractivity contribution in [1.29, 1.82) is 0 Å². The van der Waals surface area contributed by atoms with Crippen molar-refractivity contribution in [1.82, 2.24) is 5.32 Å². The predicted molar refractivity (Wildman–Crippen MR) is 115 cm³/mol. The maximum Gasteiger partial charge on any atom is 0.251 e. The molecule has 0 saturated carbocycles. The van der Waals surface area contributed by atoms with Crippen LogP contribution < -0.4 is 10.2 Å². The number of para-hydroxylation sites is 1. The maximum absolute atomic E-state index is 14.5. The molecule has 1 aliphatic rings. The summed E-state index contributed by atoms with van der Waals surface area (Å²) in [6.07, 6.45) is 1.59. The molecule has 1 atom stereocenters. The van der Waals surface area contributed by atoms with Gasteiger partial charge in [-0.25, -0.2) is 4.39 Å². The molecule has 152 valence electrons. The van der Waals surface area contributed by atoms with Gasteiger partial charge in [0, 0.05) is 12.1 Å². The molecular formula is C25H23FN2O2. The molecule has 0 radical (unpaired) electrons. The van der Waals surface area contributed by atoms with Gasteiger partial charge in [-0.1, -0.05) is 60.7 Å². The Bertz CT molecular complexity index is 1040. The zero-order chi connectivity index (χ0) is 20.9. The SMILES string of the molecule is O=C(NC(CC(=O)N1CCCc2cccc(F)c21)c1ccccc1)c1ccccc1. The van der Waals surface area contributed by atoms with E-state index in [9.17, 15) is 14.0 Å². The van der Waals surface area contributed by atoms with Crippen molar-refractivity contribution in [3.8, 4) is 0 Å². The molecule has 4 rings (SSSR count). The fourth-order valence-electron chi connectivity index (χ4n) is 3.91. The number of hydrogen-bond acceptors (Lipinski definition) is 2. The van der Waals surface area contributed by atoms with E-state index >= 15 is 0 Å². The number of carbonyl (C=O) groups is 2. The molecule has 4 nitrogen and oxygen atoms in total. The zero-order valence-electron chi connectivity index (χ0n) is 16.6. The van der Waals surface area contributed by atoms with E-state index < -0.39 is 6.04 Å². The van der Waals surface area contributed by atoms with Crippen molar-refractivity contribution >= 4 is 17.5 Å². The van der Waals surface area contributed by atoms with Crippen LogP contribution in [0.1, 0.15) is 40.4 Å². The Hall–Kier alpha value is -3.47. The van der Waals surface area contributed by atoms with Crippen molar-refractivity contribution in [2.45, 2.75) is 25.3 Å². The molecule has 1 N–H and O–H groups in total. The molecule has 1 unspecified atom stereocenters. The number of hydrogen-bond donors (Lipinski definition) is 1. The molecule has 3 aromatic carbocycles. The maximum atomic E-state index is 14.5. The van der Waals surface area contributed by atoms with Crippen molar-refractivity contribution in [3.05, 3.63) is 101 Å². The van der Waals surface area contributed by atoms with Crippen LogP contribution in [0.2, 0.25) is 0 Å². The monoisotopic (exact) mass is 402 g/mol. The summed E-state index contributed by atoms with van der Waals surface area (Å²) in [4.78, 5) is 27.5. The van der Waals surface area contributed by atoms with Crippen LogP contribution in [0.5, 0.6) is 0 Å². The van der Waals surface area contributed by atoms with Gasteiger partial charge < -0.3 is 10.2 Å². The Morgan fingerprint density at radius 3 is 2.37 bits per heavy atom. The normalized spacial score (nSPS) is 14.0. The second kappa shape index (κ2) is 8.91. The molecule has 0 fully saturated rings. The topological polar surface area (TPSA) is 49.4 Å². The Morgan fingerprint density at radius 1 is 0.933 bits per heavy atom. The van der Waals surface area contributed by atoms with Gasteiger partial charge in [-0.15, -0.1) is 0 Å². The first-order valence-electron chi connectivity index (χ1n) is 10.1. The highest BCUT2D eigenvalue weighted by atomic mass is 19.1. The van der Waals surface area contributed by atoms with Gasteiger partial charge >= 0.3 is 0 Å². The van der Waals surface area contributed by atoms with E-state index in [1.54, 1.807) is 30.3 Å². The Labute approximate surface area is 175 Å². The van der Waals surface area contributed by atoms with Gasteiger partial charge in [0.25, 0.3) is 5.91 Å². The van der Waals surface area contributed by atoms with Crippen LogP contribution in [0.4, 0.5) is 10.1 Å². The zero-order valence-corrected chi connectivity index (χ0v) is 16.6. The van der Waals surface area contributed by atoms with Gasteiger partial charge in [-0.3, -0.25) is 9.59 Å². The van der Waals surface area contributed by atoms with E-state index in [2.05, 4.69) is 5.32 Å². The molecule has 2 amide bonds. The fraction of sp³-hybridized carbons (Fsp3) is 0.200. The van der Waals surface area contributed by atoms with Crippen LogP contribution in [-0.2, 0) is 11.2 Å². The van der Waals surface area contributed by atoms with E-state index in [4.69, 9.17) is 0 Å². The summed E-state index contributed by atoms with van der Waals surface area (Å²) in [5.74, 6) is -0.837. The number of fused-ring (bicyclic) bond motifs is 1. The number of nitrogens with zero attached hydrogens (tertiary/aromatic N) is 1. The van der Waals surface area contributed by atoms with Gasteiger partial charge in [0.15, 0.2) is 0 Å². The average molecular weight is 402 g/mol. The van der Waals surface area contributed by atoms with Gasteiger partial charge in [-0.05, 0) is 42.2 Å². The van der Waals surface area contributed by atoms with E-state index in [0.29, 0.717) is 17.8 Å². The number of carbonyl (C=O) groups excluding carboxylic acids is 2. The summed E-state index contributed by atoms with van der Waals surface area (Å²) in [5.41, 5.74) is 2.58. The smallest absolute Gasteiger partial charge is 0.251 e. The quantitative estimate of drug-likeness (QED) is 0.674. The minimum absolute atomic E-state index is 0.0519. The highest BCUT2D eigenvalue weighted by Crippen LogP contribution is 2.31. The second-order valence-electron chi connectivity index (χ2n) is 7.40. The third-order valence-corrected chi connectivity index (χ3v) is 5.39. The van der Waals surface area contributed by atoms with E-state index in [-0.39, 0.29) is 24.1 Å². The third-order valence-electron chi connectivity index (χ3n) is 5.39. The number of amides is 2. The molecule has 30 heavy (non-hydrogen) atoms. The van der Waals surface area contributed by atoms with Crippen molar-refractivity contribution in [2.75, 3.05) is 11.4 Å². The van der Waals surface area contributed by atoms with Crippen LogP contribution in [0.25, 0.3) is 0 Å². The van der Waals surface area contributed by atoms with Crippen LogP contribution in [0, 0.1) is 5.82 Å². The highest BCUT2D eigenvalue weighted by Gasteiger charge is 2.28. The number of nitrogens with one attached hydrogen (secondary N) is 1. The van der Waals surface area contributed by atoms with Crippen LogP contribution in [0.3, 0.4) is 0 Å². The van der Waals surface area contributed by atoms with Crippen molar-refractivity contribution < 1.29 is 14.0 Å². The van der Waals surface area contributed by atoms with Crippen LogP contribution in [-0.4, -0.2) is 18.4 Å². The molecule has 0 aliphatic carbocycles. The minimum Gasteiger partial charge on any atom is -0.345 e. The van der Waals surface area contributed by atoms with Gasteiger partial charge in [0.05, 0.1) is 18.2 Å². The van der Waals surface area contributed by atoms with Crippen molar-refractivity contribution in [2.24, 2.45) is 0 Å². The number of halogens is 1. The number of benzene rings is 3. The predicted octanol–water partition coefficient (Wildman–Crippen LogP) is 4.67. The lowest BCUT2D eigenvalue weighted by Crippen LogP contribution is -2.39. The molecule has 0 aromatic heterocycles. The summed E-state index contributed by atoms with van der Waals surface area (Å²) in [7, 11) is 0. The van der Waals surface area contributed by atoms with Gasteiger partial charge in [0.2, 0.25) is 5.91 Å². The second-order valence-corrected chi connectivity index (χ2v) is 7.40. The Morgan fingerprint density at radius 2 is 1.63 bits per heavy atom. The standard InChI is InChI=1S/C25H23FN2O2/c26-21-15-7-13-19-14-8-16-28(24(19)21)23(29)17-22(18-9-3-1-4-10-18)27-25(30)20-11-5-2-6-12-20/h1-7,9-13,15,22H,8,14,16-17H2,(H,27,30). The van der Waals surface area contributed by atoms with Gasteiger partial charge in [-0.2, -0.15) is 0 Å². The fourth-order valence-corrected chi connectivity index (χ4v) is 3.91. The van der Waals surface area contributed by atoms with Crippen LogP contribution >= 0.6 is 0 Å². The summed E-state index contributed by atoms with van der Waals surface area (Å²) < 4.78 is 14.5. The van der Waals surface area contributed by atoms with Crippen molar-refractivity contribution in [3.63, 3.8) is 0 Å². The van der Waals surface area contributed by atoms with Gasteiger partial charge in [0.1, 0.15) is 5.82 Å². The third kappa shape index (κ3) is 4.25. The first kappa shape index (κ1) is 19.8. The molecule has 1 aliphatic heterocycles. The number of anilines is 1. The summed E-state index contributed by atoms with van der Waals surface area (Å²) in [5, 5.41) is 2.98. The minimum atomic E-state index is -0.511. The Balaban J connectivity index is 1.59. The lowest BCUT2D eigenvalue weighted by Gasteiger charge is -2.31. The number of aryl methyl sites for hydroxylation is 1. The Kier molecular flexibility index (Phi) is 5.89. The molecule has 0 saturated heterocycles. The summed E-state index contributed by atoms with van der Waals surface area (Å²) >= 11 is 0. The molecule has 0 spiro atoms. The van der Waals surface area contributed by atoms with E-state index in [0.717, 1.165) is 24.0 Å². The first-order valence-corrected chi connectivity index (χ1v) is 10.1. The molecule has 3 aromatic rings. The summed E-state index contributed by atoms with van der Waals surface area (Å²) in [6, 6.07) is 22.7. The largest absolute Gasteiger partial charge is 0.345 e. The van der Waals surface area contributed by atoms with E-state index in [1.165, 1.54) is 11.0 Å². The lowest BCUT2D eigenvalue weighted by atomic mass is 9.98. The molecule has 5 heteroatoms. The first-order chi connectivity index (χ1) is 14.6. The number of rotatable bonds is 5. The highest BCUT2D eigenvalue weighted by molar-refractivity contribution is 5.97. The molecule has 1 heterocycles.